The number of pyridine rings is 1. The molecular weight excluding hydrogens is 236 g/mol. The van der Waals surface area contributed by atoms with Gasteiger partial charge in [0.1, 0.15) is 0 Å². The fraction of sp³-hybridized carbons (Fsp3) is 0.688. The quantitative estimate of drug-likeness (QED) is 0.820. The van der Waals surface area contributed by atoms with E-state index in [-0.39, 0.29) is 0 Å². The second kappa shape index (κ2) is 6.49. The molecule has 1 fully saturated rings. The molecule has 3 heteroatoms. The third-order valence-electron chi connectivity index (χ3n) is 4.64. The van der Waals surface area contributed by atoms with E-state index in [2.05, 4.69) is 37.1 Å². The maximum Gasteiger partial charge on any atom is 0.0658 e. The number of hydrogen-bond donors (Lipinski definition) is 1. The van der Waals surface area contributed by atoms with Crippen molar-refractivity contribution < 1.29 is 4.74 Å². The maximum atomic E-state index is 5.83. The standard InChI is InChI=1S/C16H26N2O/c1-4-16(3)14(11-15(16)19-5-2)18-10-8-13-7-6-9-17-12-13/h6-7,9,12,14-15,18H,4-5,8,10-11H2,1-3H3. The van der Waals surface area contributed by atoms with Crippen molar-refractivity contribution in [2.75, 3.05) is 13.2 Å². The first-order valence-electron chi connectivity index (χ1n) is 7.44. The molecule has 1 aromatic heterocycles. The van der Waals surface area contributed by atoms with Crippen molar-refractivity contribution in [3.05, 3.63) is 30.1 Å². The summed E-state index contributed by atoms with van der Waals surface area (Å²) < 4.78 is 5.83. The van der Waals surface area contributed by atoms with E-state index in [1.165, 1.54) is 12.0 Å². The van der Waals surface area contributed by atoms with Crippen LogP contribution in [0.5, 0.6) is 0 Å². The molecule has 0 aromatic carbocycles. The van der Waals surface area contributed by atoms with Crippen molar-refractivity contribution in [2.24, 2.45) is 5.41 Å². The van der Waals surface area contributed by atoms with Gasteiger partial charge in [-0.1, -0.05) is 19.9 Å². The molecule has 3 unspecified atom stereocenters. The lowest BCUT2D eigenvalue weighted by Crippen LogP contribution is -2.62. The summed E-state index contributed by atoms with van der Waals surface area (Å²) in [5, 5.41) is 3.69. The lowest BCUT2D eigenvalue weighted by molar-refractivity contribution is -0.125. The first kappa shape index (κ1) is 14.5. The highest BCUT2D eigenvalue weighted by atomic mass is 16.5. The molecule has 2 rings (SSSR count). The van der Waals surface area contributed by atoms with Crippen LogP contribution in [0.3, 0.4) is 0 Å². The van der Waals surface area contributed by atoms with Gasteiger partial charge in [0.25, 0.3) is 0 Å². The van der Waals surface area contributed by atoms with Gasteiger partial charge in [-0.15, -0.1) is 0 Å². The van der Waals surface area contributed by atoms with Crippen LogP contribution in [0.25, 0.3) is 0 Å². The Balaban J connectivity index is 1.78. The molecule has 0 radical (unpaired) electrons. The van der Waals surface area contributed by atoms with E-state index >= 15 is 0 Å². The number of ether oxygens (including phenoxy) is 1. The smallest absolute Gasteiger partial charge is 0.0658 e. The molecule has 1 aliphatic carbocycles. The number of rotatable bonds is 7. The summed E-state index contributed by atoms with van der Waals surface area (Å²) in [6.45, 7) is 8.53. The van der Waals surface area contributed by atoms with Gasteiger partial charge in [0.2, 0.25) is 0 Å². The highest BCUT2D eigenvalue weighted by molar-refractivity contribution is 5.10. The third kappa shape index (κ3) is 3.15. The normalized spacial score (nSPS) is 30.1. The van der Waals surface area contributed by atoms with Crippen molar-refractivity contribution >= 4 is 0 Å². The van der Waals surface area contributed by atoms with Gasteiger partial charge in [0, 0.05) is 30.5 Å². The van der Waals surface area contributed by atoms with Crippen LogP contribution in [-0.2, 0) is 11.2 Å². The maximum absolute atomic E-state index is 5.83. The average Bonchev–Trinajstić information content (AvgIpc) is 2.45. The summed E-state index contributed by atoms with van der Waals surface area (Å²) >= 11 is 0. The van der Waals surface area contributed by atoms with E-state index in [1.54, 1.807) is 0 Å². The molecule has 0 bridgehead atoms. The highest BCUT2D eigenvalue weighted by Crippen LogP contribution is 2.45. The topological polar surface area (TPSA) is 34.1 Å². The Labute approximate surface area is 116 Å². The molecule has 0 amide bonds. The second-order valence-corrected chi connectivity index (χ2v) is 5.66. The first-order chi connectivity index (χ1) is 9.20. The average molecular weight is 262 g/mol. The summed E-state index contributed by atoms with van der Waals surface area (Å²) in [6, 6.07) is 4.72. The number of aromatic nitrogens is 1. The van der Waals surface area contributed by atoms with Gasteiger partial charge < -0.3 is 10.1 Å². The first-order valence-corrected chi connectivity index (χ1v) is 7.44. The Bertz CT molecular complexity index is 382. The van der Waals surface area contributed by atoms with Gasteiger partial charge >= 0.3 is 0 Å². The fourth-order valence-electron chi connectivity index (χ4n) is 3.00. The summed E-state index contributed by atoms with van der Waals surface area (Å²) in [5.74, 6) is 0. The van der Waals surface area contributed by atoms with Crippen LogP contribution in [-0.4, -0.2) is 30.3 Å². The van der Waals surface area contributed by atoms with Gasteiger partial charge in [-0.05, 0) is 44.4 Å². The van der Waals surface area contributed by atoms with Crippen LogP contribution >= 0.6 is 0 Å². The van der Waals surface area contributed by atoms with Crippen LogP contribution in [0.2, 0.25) is 0 Å². The third-order valence-corrected chi connectivity index (χ3v) is 4.64. The molecule has 19 heavy (non-hydrogen) atoms. The fourth-order valence-corrected chi connectivity index (χ4v) is 3.00. The summed E-state index contributed by atoms with van der Waals surface area (Å²) in [4.78, 5) is 4.15. The lowest BCUT2D eigenvalue weighted by atomic mass is 9.61. The van der Waals surface area contributed by atoms with E-state index < -0.39 is 0 Å². The molecule has 1 aromatic rings. The molecule has 0 spiro atoms. The predicted molar refractivity (Wildman–Crippen MR) is 78.2 cm³/mol. The van der Waals surface area contributed by atoms with Gasteiger partial charge in [0.05, 0.1) is 6.10 Å². The Kier molecular flexibility index (Phi) is 4.94. The summed E-state index contributed by atoms with van der Waals surface area (Å²) in [6.07, 6.45) is 7.56. The highest BCUT2D eigenvalue weighted by Gasteiger charge is 2.50. The largest absolute Gasteiger partial charge is 0.378 e. The van der Waals surface area contributed by atoms with Gasteiger partial charge in [-0.3, -0.25) is 4.98 Å². The Morgan fingerprint density at radius 3 is 2.95 bits per heavy atom. The molecule has 3 nitrogen and oxygen atoms in total. The Morgan fingerprint density at radius 2 is 2.32 bits per heavy atom. The molecule has 1 saturated carbocycles. The van der Waals surface area contributed by atoms with E-state index in [0.29, 0.717) is 17.6 Å². The van der Waals surface area contributed by atoms with Crippen molar-refractivity contribution in [3.8, 4) is 0 Å². The minimum Gasteiger partial charge on any atom is -0.378 e. The number of nitrogens with zero attached hydrogens (tertiary/aromatic N) is 1. The monoisotopic (exact) mass is 262 g/mol. The number of nitrogens with one attached hydrogen (secondary N) is 1. The van der Waals surface area contributed by atoms with Crippen LogP contribution in [0.4, 0.5) is 0 Å². The van der Waals surface area contributed by atoms with Crippen LogP contribution in [0.1, 0.15) is 39.2 Å². The van der Waals surface area contributed by atoms with E-state index in [1.807, 2.05) is 18.5 Å². The van der Waals surface area contributed by atoms with Crippen LogP contribution in [0, 0.1) is 5.41 Å². The van der Waals surface area contributed by atoms with Gasteiger partial charge in [-0.2, -0.15) is 0 Å². The van der Waals surface area contributed by atoms with Crippen molar-refractivity contribution in [1.82, 2.24) is 10.3 Å². The molecule has 3 atom stereocenters. The molecule has 1 N–H and O–H groups in total. The van der Waals surface area contributed by atoms with Crippen LogP contribution in [0.15, 0.2) is 24.5 Å². The zero-order valence-electron chi connectivity index (χ0n) is 12.4. The minimum atomic E-state index is 0.297. The van der Waals surface area contributed by atoms with Crippen molar-refractivity contribution in [3.63, 3.8) is 0 Å². The molecule has 0 saturated heterocycles. The summed E-state index contributed by atoms with van der Waals surface area (Å²) in [7, 11) is 0. The van der Waals surface area contributed by atoms with E-state index in [4.69, 9.17) is 4.74 Å². The summed E-state index contributed by atoms with van der Waals surface area (Å²) in [5.41, 5.74) is 1.60. The Hall–Kier alpha value is -0.930. The molecular formula is C16H26N2O. The second-order valence-electron chi connectivity index (χ2n) is 5.66. The van der Waals surface area contributed by atoms with Crippen molar-refractivity contribution in [2.45, 2.75) is 52.2 Å². The zero-order chi connectivity index (χ0) is 13.7. The van der Waals surface area contributed by atoms with Gasteiger partial charge in [-0.25, -0.2) is 0 Å². The lowest BCUT2D eigenvalue weighted by Gasteiger charge is -2.53. The van der Waals surface area contributed by atoms with E-state index in [9.17, 15) is 0 Å². The SMILES string of the molecule is CCOC1CC(NCCc2cccnc2)C1(C)CC. The molecule has 106 valence electrons. The van der Waals surface area contributed by atoms with Gasteiger partial charge in [0.15, 0.2) is 0 Å². The molecule has 1 aliphatic rings. The van der Waals surface area contributed by atoms with Crippen molar-refractivity contribution in [1.29, 1.82) is 0 Å². The minimum absolute atomic E-state index is 0.297. The zero-order valence-corrected chi connectivity index (χ0v) is 12.4. The van der Waals surface area contributed by atoms with E-state index in [0.717, 1.165) is 26.0 Å². The predicted octanol–water partition coefficient (Wildman–Crippen LogP) is 2.81. The molecule has 0 aliphatic heterocycles. The molecule has 1 heterocycles. The number of hydrogen-bond acceptors (Lipinski definition) is 3. The Morgan fingerprint density at radius 1 is 1.47 bits per heavy atom. The van der Waals surface area contributed by atoms with Crippen LogP contribution < -0.4 is 5.32 Å².